The number of urea groups is 1. The number of carbonyl (C=O) groups excluding carboxylic acids is 3. The molecule has 0 atom stereocenters. The first-order valence-electron chi connectivity index (χ1n) is 9.03. The Morgan fingerprint density at radius 3 is 2.52 bits per heavy atom. The van der Waals surface area contributed by atoms with E-state index in [1.165, 1.54) is 13.2 Å². The van der Waals surface area contributed by atoms with Crippen LogP contribution in [0.2, 0.25) is 0 Å². The summed E-state index contributed by atoms with van der Waals surface area (Å²) >= 11 is 0. The topological polar surface area (TPSA) is 75.7 Å². The molecular formula is C23H18N2O4. The summed E-state index contributed by atoms with van der Waals surface area (Å²) in [6.07, 6.45) is 1.48. The quantitative estimate of drug-likeness (QED) is 0.548. The van der Waals surface area contributed by atoms with Crippen LogP contribution in [0, 0.1) is 6.92 Å². The van der Waals surface area contributed by atoms with Gasteiger partial charge < -0.3 is 4.74 Å². The lowest BCUT2D eigenvalue weighted by molar-refractivity contribution is -0.122. The Balaban J connectivity index is 1.87. The van der Waals surface area contributed by atoms with Crippen molar-refractivity contribution in [2.24, 2.45) is 0 Å². The maximum atomic E-state index is 13.1. The fraction of sp³-hybridized carbons (Fsp3) is 0.0870. The molecule has 4 rings (SSSR count). The molecule has 1 aliphatic heterocycles. The zero-order valence-corrected chi connectivity index (χ0v) is 15.9. The van der Waals surface area contributed by atoms with Gasteiger partial charge in [-0.15, -0.1) is 0 Å². The molecule has 3 aromatic rings. The molecule has 1 heterocycles. The van der Waals surface area contributed by atoms with Crippen LogP contribution in [0.4, 0.5) is 10.5 Å². The molecule has 29 heavy (non-hydrogen) atoms. The zero-order chi connectivity index (χ0) is 20.5. The van der Waals surface area contributed by atoms with Gasteiger partial charge in [-0.1, -0.05) is 42.5 Å². The summed E-state index contributed by atoms with van der Waals surface area (Å²) in [5.41, 5.74) is 1.75. The van der Waals surface area contributed by atoms with Gasteiger partial charge in [0, 0.05) is 5.56 Å². The van der Waals surface area contributed by atoms with Gasteiger partial charge in [-0.3, -0.25) is 14.9 Å². The average Bonchev–Trinajstić information content (AvgIpc) is 2.71. The lowest BCUT2D eigenvalue weighted by Gasteiger charge is -2.26. The number of ether oxygens (including phenoxy) is 1. The normalized spacial score (nSPS) is 15.7. The molecule has 0 spiro atoms. The fourth-order valence-corrected chi connectivity index (χ4v) is 3.41. The molecule has 6 heteroatoms. The van der Waals surface area contributed by atoms with E-state index in [0.717, 1.165) is 21.2 Å². The summed E-state index contributed by atoms with van der Waals surface area (Å²) in [5.74, 6) is -0.894. The maximum Gasteiger partial charge on any atom is 0.335 e. The minimum absolute atomic E-state index is 0.138. The predicted molar refractivity (Wildman–Crippen MR) is 111 cm³/mol. The average molecular weight is 386 g/mol. The van der Waals surface area contributed by atoms with E-state index < -0.39 is 17.8 Å². The Labute approximate surface area is 167 Å². The van der Waals surface area contributed by atoms with Crippen LogP contribution in [0.1, 0.15) is 11.1 Å². The number of nitrogens with one attached hydrogen (secondary N) is 1. The van der Waals surface area contributed by atoms with Gasteiger partial charge >= 0.3 is 6.03 Å². The van der Waals surface area contributed by atoms with E-state index >= 15 is 0 Å². The Morgan fingerprint density at radius 1 is 0.966 bits per heavy atom. The molecule has 1 saturated heterocycles. The van der Waals surface area contributed by atoms with Crippen molar-refractivity contribution in [3.63, 3.8) is 0 Å². The van der Waals surface area contributed by atoms with E-state index in [1.54, 1.807) is 24.3 Å². The Morgan fingerprint density at radius 2 is 1.76 bits per heavy atom. The van der Waals surface area contributed by atoms with E-state index in [4.69, 9.17) is 4.74 Å². The molecular weight excluding hydrogens is 368 g/mol. The van der Waals surface area contributed by atoms with Crippen LogP contribution < -0.4 is 15.0 Å². The molecule has 144 valence electrons. The van der Waals surface area contributed by atoms with Crippen LogP contribution in [0.15, 0.2) is 66.2 Å². The van der Waals surface area contributed by atoms with E-state index in [0.29, 0.717) is 17.0 Å². The molecule has 0 saturated carbocycles. The van der Waals surface area contributed by atoms with Gasteiger partial charge in [0.15, 0.2) is 0 Å². The van der Waals surface area contributed by atoms with Crippen molar-refractivity contribution in [1.29, 1.82) is 0 Å². The number of hydrogen-bond donors (Lipinski definition) is 1. The summed E-state index contributed by atoms with van der Waals surface area (Å²) in [7, 11) is 1.53. The number of methoxy groups -OCH3 is 1. The number of imide groups is 2. The van der Waals surface area contributed by atoms with Crippen LogP contribution in [0.5, 0.6) is 5.75 Å². The first-order chi connectivity index (χ1) is 14.0. The first-order valence-corrected chi connectivity index (χ1v) is 9.03. The van der Waals surface area contributed by atoms with Gasteiger partial charge in [0.25, 0.3) is 11.8 Å². The number of rotatable bonds is 3. The molecule has 6 nitrogen and oxygen atoms in total. The highest BCUT2D eigenvalue weighted by Crippen LogP contribution is 2.31. The Kier molecular flexibility index (Phi) is 4.60. The largest absolute Gasteiger partial charge is 0.496 e. The highest BCUT2D eigenvalue weighted by Gasteiger charge is 2.37. The third-order valence-electron chi connectivity index (χ3n) is 4.80. The highest BCUT2D eigenvalue weighted by molar-refractivity contribution is 6.39. The van der Waals surface area contributed by atoms with Crippen LogP contribution in [-0.4, -0.2) is 25.0 Å². The van der Waals surface area contributed by atoms with Crippen molar-refractivity contribution < 1.29 is 19.1 Å². The van der Waals surface area contributed by atoms with Gasteiger partial charge in [0.1, 0.15) is 11.3 Å². The zero-order valence-electron chi connectivity index (χ0n) is 15.9. The number of amides is 4. The summed E-state index contributed by atoms with van der Waals surface area (Å²) in [5, 5.41) is 4.02. The number of carbonyl (C=O) groups is 3. The summed E-state index contributed by atoms with van der Waals surface area (Å²) < 4.78 is 5.45. The first kappa shape index (κ1) is 18.4. The molecule has 0 bridgehead atoms. The van der Waals surface area contributed by atoms with Gasteiger partial charge in [0.2, 0.25) is 0 Å². The van der Waals surface area contributed by atoms with Gasteiger partial charge in [-0.2, -0.15) is 0 Å². The SMILES string of the molecule is COc1ccc2ccccc2c1/C=C1\C(=O)NC(=O)N(c2cccc(C)c2)C1=O. The number of barbiturate groups is 1. The lowest BCUT2D eigenvalue weighted by atomic mass is 9.99. The van der Waals surface area contributed by atoms with Gasteiger partial charge in [0.05, 0.1) is 12.8 Å². The Hall–Kier alpha value is -3.93. The van der Waals surface area contributed by atoms with Crippen molar-refractivity contribution in [2.45, 2.75) is 6.92 Å². The second kappa shape index (κ2) is 7.24. The standard InChI is InChI=1S/C23H18N2O4/c1-14-6-5-8-16(12-14)25-22(27)19(21(26)24-23(25)28)13-18-17-9-4-3-7-15(17)10-11-20(18)29-2/h3-13H,1-2H3,(H,24,26,28)/b19-13+. The van der Waals surface area contributed by atoms with Crippen molar-refractivity contribution in [1.82, 2.24) is 5.32 Å². The molecule has 1 N–H and O–H groups in total. The number of nitrogens with zero attached hydrogens (tertiary/aromatic N) is 1. The van der Waals surface area contributed by atoms with Crippen LogP contribution >= 0.6 is 0 Å². The monoisotopic (exact) mass is 386 g/mol. The number of hydrogen-bond acceptors (Lipinski definition) is 4. The van der Waals surface area contributed by atoms with E-state index in [2.05, 4.69) is 5.32 Å². The van der Waals surface area contributed by atoms with Crippen molar-refractivity contribution >= 4 is 40.4 Å². The van der Waals surface area contributed by atoms with Crippen molar-refractivity contribution in [3.05, 3.63) is 77.4 Å². The summed E-state index contributed by atoms with van der Waals surface area (Å²) in [6, 6.07) is 17.5. The third-order valence-corrected chi connectivity index (χ3v) is 4.80. The predicted octanol–water partition coefficient (Wildman–Crippen LogP) is 3.82. The molecule has 0 unspecified atom stereocenters. The molecule has 1 fully saturated rings. The van der Waals surface area contributed by atoms with E-state index in [-0.39, 0.29) is 5.57 Å². The van der Waals surface area contributed by atoms with Crippen molar-refractivity contribution in [2.75, 3.05) is 12.0 Å². The molecule has 3 aromatic carbocycles. The number of benzene rings is 3. The van der Waals surface area contributed by atoms with Crippen LogP contribution in [0.3, 0.4) is 0 Å². The third kappa shape index (κ3) is 3.25. The lowest BCUT2D eigenvalue weighted by Crippen LogP contribution is -2.54. The van der Waals surface area contributed by atoms with Crippen LogP contribution in [0.25, 0.3) is 16.8 Å². The molecule has 0 aromatic heterocycles. The molecule has 4 amide bonds. The smallest absolute Gasteiger partial charge is 0.335 e. The fourth-order valence-electron chi connectivity index (χ4n) is 3.41. The van der Waals surface area contributed by atoms with Crippen LogP contribution in [-0.2, 0) is 9.59 Å². The second-order valence-corrected chi connectivity index (χ2v) is 6.70. The molecule has 0 radical (unpaired) electrons. The van der Waals surface area contributed by atoms with Gasteiger partial charge in [-0.05, 0) is 47.5 Å². The highest BCUT2D eigenvalue weighted by atomic mass is 16.5. The molecule has 1 aliphatic rings. The number of fused-ring (bicyclic) bond motifs is 1. The minimum atomic E-state index is -0.771. The number of aryl methyl sites for hydroxylation is 1. The Bertz CT molecular complexity index is 1200. The maximum absolute atomic E-state index is 13.1. The minimum Gasteiger partial charge on any atom is -0.496 e. The number of anilines is 1. The molecule has 0 aliphatic carbocycles. The summed E-state index contributed by atoms with van der Waals surface area (Å²) in [6.45, 7) is 1.86. The second-order valence-electron chi connectivity index (χ2n) is 6.70. The van der Waals surface area contributed by atoms with Gasteiger partial charge in [-0.25, -0.2) is 9.69 Å². The van der Waals surface area contributed by atoms with E-state index in [9.17, 15) is 14.4 Å². The summed E-state index contributed by atoms with van der Waals surface area (Å²) in [4.78, 5) is 39.0. The van der Waals surface area contributed by atoms with E-state index in [1.807, 2.05) is 43.3 Å². The van der Waals surface area contributed by atoms with Crippen molar-refractivity contribution in [3.8, 4) is 5.75 Å².